The minimum atomic E-state index is 0.570. The number of hydrogen-bond donors (Lipinski definition) is 2. The lowest BCUT2D eigenvalue weighted by molar-refractivity contribution is 0.873. The summed E-state index contributed by atoms with van der Waals surface area (Å²) in [5.41, 5.74) is 1.18. The molecule has 0 radical (unpaired) electrons. The molecule has 0 saturated heterocycles. The van der Waals surface area contributed by atoms with Crippen LogP contribution in [0, 0.1) is 0 Å². The fourth-order valence-corrected chi connectivity index (χ4v) is 2.03. The monoisotopic (exact) mass is 291 g/mol. The quantitative estimate of drug-likeness (QED) is 0.848. The van der Waals surface area contributed by atoms with E-state index in [1.807, 2.05) is 42.5 Å². The molecule has 0 atom stereocenters. The van der Waals surface area contributed by atoms with Crippen LogP contribution >= 0.6 is 23.8 Å². The van der Waals surface area contributed by atoms with E-state index in [1.165, 1.54) is 5.56 Å². The topological polar surface area (TPSA) is 37.0 Å². The van der Waals surface area contributed by atoms with E-state index in [-0.39, 0.29) is 0 Å². The molecule has 0 amide bonds. The summed E-state index contributed by atoms with van der Waals surface area (Å²) in [6.07, 6.45) is 2.58. The van der Waals surface area contributed by atoms with Gasteiger partial charge in [-0.25, -0.2) is 4.98 Å². The number of rotatable bonds is 4. The van der Waals surface area contributed by atoms with E-state index < -0.39 is 0 Å². The van der Waals surface area contributed by atoms with Crippen molar-refractivity contribution in [1.82, 2.24) is 10.3 Å². The van der Waals surface area contributed by atoms with E-state index in [0.29, 0.717) is 5.11 Å². The van der Waals surface area contributed by atoms with Crippen LogP contribution in [0.5, 0.6) is 0 Å². The van der Waals surface area contributed by atoms with Crippen LogP contribution in [-0.4, -0.2) is 16.6 Å². The third kappa shape index (κ3) is 4.85. The summed E-state index contributed by atoms with van der Waals surface area (Å²) in [4.78, 5) is 4.14. The van der Waals surface area contributed by atoms with Gasteiger partial charge in [-0.1, -0.05) is 29.8 Å². The zero-order chi connectivity index (χ0) is 13.5. The van der Waals surface area contributed by atoms with Crippen LogP contribution in [0.1, 0.15) is 5.56 Å². The first-order valence-electron chi connectivity index (χ1n) is 5.94. The van der Waals surface area contributed by atoms with Gasteiger partial charge in [0.1, 0.15) is 5.82 Å². The van der Waals surface area contributed by atoms with Gasteiger partial charge in [0.05, 0.1) is 0 Å². The Balaban J connectivity index is 1.75. The van der Waals surface area contributed by atoms with E-state index in [4.69, 9.17) is 23.8 Å². The lowest BCUT2D eigenvalue weighted by Gasteiger charge is -2.09. The molecule has 1 aromatic carbocycles. The highest BCUT2D eigenvalue weighted by Gasteiger charge is 1.98. The average Bonchev–Trinajstić information content (AvgIpc) is 2.40. The Kier molecular flexibility index (Phi) is 5.12. The van der Waals surface area contributed by atoms with Gasteiger partial charge in [-0.2, -0.15) is 0 Å². The minimum Gasteiger partial charge on any atom is -0.362 e. The molecule has 0 spiro atoms. The first-order valence-corrected chi connectivity index (χ1v) is 6.73. The van der Waals surface area contributed by atoms with E-state index in [2.05, 4.69) is 15.6 Å². The Bertz CT molecular complexity index is 545. The molecule has 0 aliphatic heterocycles. The van der Waals surface area contributed by atoms with Crippen LogP contribution in [0.25, 0.3) is 0 Å². The number of pyridine rings is 1. The average molecular weight is 292 g/mol. The number of aromatic nitrogens is 1. The maximum atomic E-state index is 5.93. The van der Waals surface area contributed by atoms with Gasteiger partial charge >= 0.3 is 0 Å². The van der Waals surface area contributed by atoms with Gasteiger partial charge in [0.2, 0.25) is 0 Å². The van der Waals surface area contributed by atoms with Gasteiger partial charge < -0.3 is 10.6 Å². The summed E-state index contributed by atoms with van der Waals surface area (Å²) in [7, 11) is 0. The molecule has 5 heteroatoms. The van der Waals surface area contributed by atoms with Gasteiger partial charge in [0.25, 0.3) is 0 Å². The highest BCUT2D eigenvalue weighted by molar-refractivity contribution is 7.80. The van der Waals surface area contributed by atoms with Crippen molar-refractivity contribution >= 4 is 34.7 Å². The number of nitrogens with zero attached hydrogens (tertiary/aromatic N) is 1. The molecule has 1 aromatic heterocycles. The number of thiocarbonyl (C=S) groups is 1. The number of nitrogens with one attached hydrogen (secondary N) is 2. The standard InChI is InChI=1S/C14H14ClN3S/c15-12-5-3-4-11(10-12)7-9-17-14(19)18-13-6-1-2-8-16-13/h1-6,8,10H,7,9H2,(H2,16,17,18,19). The fourth-order valence-electron chi connectivity index (χ4n) is 1.61. The summed E-state index contributed by atoms with van der Waals surface area (Å²) in [5.74, 6) is 0.739. The van der Waals surface area contributed by atoms with Crippen molar-refractivity contribution in [3.8, 4) is 0 Å². The second-order valence-corrected chi connectivity index (χ2v) is 4.82. The summed E-state index contributed by atoms with van der Waals surface area (Å²) < 4.78 is 0. The van der Waals surface area contributed by atoms with Crippen LogP contribution in [-0.2, 0) is 6.42 Å². The van der Waals surface area contributed by atoms with Crippen molar-refractivity contribution in [1.29, 1.82) is 0 Å². The summed E-state index contributed by atoms with van der Waals surface area (Å²) >= 11 is 11.1. The van der Waals surface area contributed by atoms with Crippen molar-refractivity contribution < 1.29 is 0 Å². The molecule has 0 bridgehead atoms. The van der Waals surface area contributed by atoms with Gasteiger partial charge in [0.15, 0.2) is 5.11 Å². The molecule has 2 rings (SSSR count). The Morgan fingerprint density at radius 2 is 2.11 bits per heavy atom. The predicted octanol–water partition coefficient (Wildman–Crippen LogP) is 3.26. The second kappa shape index (κ2) is 7.07. The molecule has 2 N–H and O–H groups in total. The minimum absolute atomic E-state index is 0.570. The molecule has 3 nitrogen and oxygen atoms in total. The molecule has 0 unspecified atom stereocenters. The Morgan fingerprint density at radius 1 is 1.21 bits per heavy atom. The Labute approximate surface area is 123 Å². The number of hydrogen-bond acceptors (Lipinski definition) is 2. The summed E-state index contributed by atoms with van der Waals surface area (Å²) in [6.45, 7) is 0.749. The third-order valence-electron chi connectivity index (χ3n) is 2.49. The molecular formula is C14H14ClN3S. The second-order valence-electron chi connectivity index (χ2n) is 3.98. The Hall–Kier alpha value is -1.65. The number of halogens is 1. The lowest BCUT2D eigenvalue weighted by Crippen LogP contribution is -2.30. The van der Waals surface area contributed by atoms with Crippen molar-refractivity contribution in [2.75, 3.05) is 11.9 Å². The first kappa shape index (κ1) is 13.8. The summed E-state index contributed by atoms with van der Waals surface area (Å²) in [6, 6.07) is 13.4. The maximum Gasteiger partial charge on any atom is 0.171 e. The van der Waals surface area contributed by atoms with E-state index in [1.54, 1.807) is 6.20 Å². The third-order valence-corrected chi connectivity index (χ3v) is 2.98. The van der Waals surface area contributed by atoms with Gasteiger partial charge in [0, 0.05) is 17.8 Å². The molecule has 0 saturated carbocycles. The molecule has 2 aromatic rings. The SMILES string of the molecule is S=C(NCCc1cccc(Cl)c1)Nc1ccccn1. The molecule has 0 aliphatic rings. The normalized spacial score (nSPS) is 9.95. The van der Waals surface area contributed by atoms with Gasteiger partial charge in [-0.3, -0.25) is 0 Å². The van der Waals surface area contributed by atoms with Crippen LogP contribution in [0.4, 0.5) is 5.82 Å². The van der Waals surface area contributed by atoms with Crippen LogP contribution in [0.15, 0.2) is 48.7 Å². The lowest BCUT2D eigenvalue weighted by atomic mass is 10.1. The highest BCUT2D eigenvalue weighted by atomic mass is 35.5. The van der Waals surface area contributed by atoms with E-state index in [9.17, 15) is 0 Å². The molecule has 0 fully saturated rings. The van der Waals surface area contributed by atoms with E-state index >= 15 is 0 Å². The smallest absolute Gasteiger partial charge is 0.171 e. The van der Waals surface area contributed by atoms with Crippen LogP contribution in [0.3, 0.4) is 0 Å². The van der Waals surface area contributed by atoms with Crippen LogP contribution in [0.2, 0.25) is 5.02 Å². The van der Waals surface area contributed by atoms with Crippen molar-refractivity contribution in [3.05, 3.63) is 59.2 Å². The van der Waals surface area contributed by atoms with E-state index in [0.717, 1.165) is 23.8 Å². The maximum absolute atomic E-state index is 5.93. The van der Waals surface area contributed by atoms with Crippen molar-refractivity contribution in [3.63, 3.8) is 0 Å². The molecular weight excluding hydrogens is 278 g/mol. The largest absolute Gasteiger partial charge is 0.362 e. The molecule has 98 valence electrons. The number of benzene rings is 1. The number of anilines is 1. The van der Waals surface area contributed by atoms with Crippen molar-refractivity contribution in [2.24, 2.45) is 0 Å². The van der Waals surface area contributed by atoms with Gasteiger partial charge in [-0.05, 0) is 48.5 Å². The fraction of sp³-hybridized carbons (Fsp3) is 0.143. The molecule has 1 heterocycles. The highest BCUT2D eigenvalue weighted by Crippen LogP contribution is 2.10. The summed E-state index contributed by atoms with van der Waals surface area (Å²) in [5, 5.41) is 7.49. The molecule has 0 aliphatic carbocycles. The zero-order valence-corrected chi connectivity index (χ0v) is 11.8. The Morgan fingerprint density at radius 3 is 2.84 bits per heavy atom. The first-order chi connectivity index (χ1) is 9.24. The van der Waals surface area contributed by atoms with Crippen molar-refractivity contribution in [2.45, 2.75) is 6.42 Å². The zero-order valence-electron chi connectivity index (χ0n) is 10.3. The van der Waals surface area contributed by atoms with Gasteiger partial charge in [-0.15, -0.1) is 0 Å². The van der Waals surface area contributed by atoms with Crippen LogP contribution < -0.4 is 10.6 Å². The molecule has 19 heavy (non-hydrogen) atoms. The predicted molar refractivity (Wildman–Crippen MR) is 83.6 cm³/mol.